The van der Waals surface area contributed by atoms with Gasteiger partial charge in [0.2, 0.25) is 0 Å². The number of rotatable bonds is 8. The third kappa shape index (κ3) is 9.27. The van der Waals surface area contributed by atoms with Gasteiger partial charge in [-0.3, -0.25) is 0 Å². The lowest BCUT2D eigenvalue weighted by molar-refractivity contribution is -0.142. The van der Waals surface area contributed by atoms with E-state index in [0.29, 0.717) is 84.0 Å². The molecule has 86 heavy (non-hydrogen) atoms. The van der Waals surface area contributed by atoms with Crippen molar-refractivity contribution in [3.8, 4) is 108 Å². The van der Waals surface area contributed by atoms with E-state index in [1.807, 2.05) is 106 Å². The molecule has 0 radical (unpaired) electrons. The van der Waals surface area contributed by atoms with Gasteiger partial charge in [-0.2, -0.15) is 52.7 Å². The minimum Gasteiger partial charge on any atom is -0.309 e. The average molecular weight is 1130 g/mol. The van der Waals surface area contributed by atoms with Gasteiger partial charge in [-0.1, -0.05) is 97.1 Å². The summed E-state index contributed by atoms with van der Waals surface area (Å²) < 4.78 is 95.5. The summed E-state index contributed by atoms with van der Waals surface area (Å²) in [6.45, 7) is 0. The topological polar surface area (TPSA) is 129 Å². The summed E-state index contributed by atoms with van der Waals surface area (Å²) >= 11 is 0. The Labute approximate surface area is 487 Å². The first-order valence-electron chi connectivity index (χ1n) is 26.8. The van der Waals surface area contributed by atoms with Crippen LogP contribution in [0.2, 0.25) is 0 Å². The van der Waals surface area contributed by atoms with Crippen LogP contribution < -0.4 is 0 Å². The van der Waals surface area contributed by atoms with E-state index in [1.165, 1.54) is 18.2 Å². The molecule has 0 N–H and O–H groups in total. The number of hydrogen-bond acceptors (Lipinski definition) is 5. The second kappa shape index (κ2) is 20.8. The molecule has 0 spiro atoms. The van der Waals surface area contributed by atoms with Gasteiger partial charge >= 0.3 is 12.4 Å². The molecule has 0 unspecified atom stereocenters. The zero-order valence-corrected chi connectivity index (χ0v) is 44.8. The lowest BCUT2D eigenvalue weighted by Crippen LogP contribution is -2.14. The lowest BCUT2D eigenvalue weighted by Gasteiger charge is -2.22. The van der Waals surface area contributed by atoms with Crippen molar-refractivity contribution in [1.29, 1.82) is 26.3 Å². The van der Waals surface area contributed by atoms with Crippen molar-refractivity contribution >= 4 is 43.6 Å². The van der Waals surface area contributed by atoms with E-state index in [-0.39, 0.29) is 16.8 Å². The van der Waals surface area contributed by atoms with E-state index in [4.69, 9.17) is 0 Å². The van der Waals surface area contributed by atoms with Crippen LogP contribution in [0.4, 0.5) is 26.3 Å². The van der Waals surface area contributed by atoms with Crippen LogP contribution in [0.15, 0.2) is 224 Å². The molecule has 0 bridgehead atoms. The van der Waals surface area contributed by atoms with E-state index in [0.717, 1.165) is 61.3 Å². The van der Waals surface area contributed by atoms with E-state index < -0.39 is 29.0 Å². The maximum Gasteiger partial charge on any atom is 0.417 e. The van der Waals surface area contributed by atoms with Crippen LogP contribution in [0, 0.1) is 56.7 Å². The molecular formula is C73H37F6N7. The Kier molecular flexibility index (Phi) is 12.9. The van der Waals surface area contributed by atoms with E-state index in [1.54, 1.807) is 91.0 Å². The second-order valence-corrected chi connectivity index (χ2v) is 20.7. The Balaban J connectivity index is 1.15. The number of alkyl halides is 6. The monoisotopic (exact) mass is 1130 g/mol. The molecular weight excluding hydrogens is 1090 g/mol. The molecule has 0 saturated heterocycles. The van der Waals surface area contributed by atoms with Gasteiger partial charge in [0.15, 0.2) is 0 Å². The maximum absolute atomic E-state index is 15.3. The molecule has 406 valence electrons. The fraction of sp³-hybridized carbons (Fsp3) is 0.0274. The highest BCUT2D eigenvalue weighted by Gasteiger charge is 2.41. The molecule has 11 aromatic carbocycles. The molecule has 13 aromatic rings. The predicted molar refractivity (Wildman–Crippen MR) is 321 cm³/mol. The third-order valence-electron chi connectivity index (χ3n) is 15.7. The highest BCUT2D eigenvalue weighted by molar-refractivity contribution is 6.14. The van der Waals surface area contributed by atoms with Gasteiger partial charge in [-0.05, 0) is 177 Å². The van der Waals surface area contributed by atoms with E-state index in [2.05, 4.69) is 30.3 Å². The highest BCUT2D eigenvalue weighted by Crippen LogP contribution is 2.49. The zero-order chi connectivity index (χ0) is 59.6. The fourth-order valence-electron chi connectivity index (χ4n) is 11.8. The predicted octanol–water partition coefficient (Wildman–Crippen LogP) is 19.3. The summed E-state index contributed by atoms with van der Waals surface area (Å²) in [5.74, 6) is 0. The van der Waals surface area contributed by atoms with Gasteiger partial charge in [0, 0.05) is 38.2 Å². The van der Waals surface area contributed by atoms with Crippen LogP contribution in [0.1, 0.15) is 38.9 Å². The second-order valence-electron chi connectivity index (χ2n) is 20.7. The van der Waals surface area contributed by atoms with Gasteiger partial charge in [0.05, 0.1) is 103 Å². The summed E-state index contributed by atoms with van der Waals surface area (Å²) in [5.41, 5.74) is 7.46. The summed E-state index contributed by atoms with van der Waals surface area (Å²) in [5, 5.41) is 53.0. The van der Waals surface area contributed by atoms with Crippen molar-refractivity contribution < 1.29 is 26.3 Å². The molecule has 7 nitrogen and oxygen atoms in total. The molecule has 13 heteroatoms. The molecule has 0 amide bonds. The van der Waals surface area contributed by atoms with Crippen LogP contribution in [0.5, 0.6) is 0 Å². The third-order valence-corrected chi connectivity index (χ3v) is 15.7. The summed E-state index contributed by atoms with van der Waals surface area (Å²) in [7, 11) is 0. The van der Waals surface area contributed by atoms with Crippen LogP contribution in [0.3, 0.4) is 0 Å². The van der Waals surface area contributed by atoms with Crippen LogP contribution in [0.25, 0.3) is 122 Å². The van der Waals surface area contributed by atoms with Crippen molar-refractivity contribution in [2.75, 3.05) is 0 Å². The van der Waals surface area contributed by atoms with Crippen molar-refractivity contribution in [2.24, 2.45) is 0 Å². The van der Waals surface area contributed by atoms with Gasteiger partial charge in [0.25, 0.3) is 0 Å². The number of aromatic nitrogens is 2. The van der Waals surface area contributed by atoms with Crippen LogP contribution in [-0.2, 0) is 12.4 Å². The van der Waals surface area contributed by atoms with E-state index in [9.17, 15) is 26.3 Å². The number of nitrogens with zero attached hydrogens (tertiary/aromatic N) is 7. The first-order valence-corrected chi connectivity index (χ1v) is 26.8. The first kappa shape index (κ1) is 53.4. The van der Waals surface area contributed by atoms with Gasteiger partial charge < -0.3 is 9.13 Å². The quantitative estimate of drug-likeness (QED) is 0.140. The normalized spacial score (nSPS) is 11.5. The number of hydrogen-bond donors (Lipinski definition) is 0. The summed E-state index contributed by atoms with van der Waals surface area (Å²) in [6.07, 6.45) is -10.4. The molecule has 0 fully saturated rings. The molecule has 0 saturated carbocycles. The van der Waals surface area contributed by atoms with Crippen LogP contribution in [-0.4, -0.2) is 9.13 Å². The Bertz CT molecular complexity index is 4980. The Morgan fingerprint density at radius 1 is 0.267 bits per heavy atom. The van der Waals surface area contributed by atoms with Crippen molar-refractivity contribution in [3.63, 3.8) is 0 Å². The van der Waals surface area contributed by atoms with Crippen molar-refractivity contribution in [3.05, 3.63) is 263 Å². The highest BCUT2D eigenvalue weighted by atomic mass is 19.4. The minimum absolute atomic E-state index is 0.192. The molecule has 13 rings (SSSR count). The van der Waals surface area contributed by atoms with Gasteiger partial charge in [-0.25, -0.2) is 0 Å². The maximum atomic E-state index is 15.3. The number of nitriles is 5. The lowest BCUT2D eigenvalue weighted by atomic mass is 9.90. The van der Waals surface area contributed by atoms with Crippen molar-refractivity contribution in [1.82, 2.24) is 9.13 Å². The number of fused-ring (bicyclic) bond motifs is 6. The molecule has 0 aliphatic heterocycles. The Hall–Kier alpha value is -12.0. The van der Waals surface area contributed by atoms with Crippen LogP contribution >= 0.6 is 0 Å². The zero-order valence-electron chi connectivity index (χ0n) is 44.8. The largest absolute Gasteiger partial charge is 0.417 e. The van der Waals surface area contributed by atoms with Gasteiger partial charge in [-0.15, -0.1) is 0 Å². The molecule has 2 aromatic heterocycles. The molecule has 0 atom stereocenters. The Morgan fingerprint density at radius 2 is 0.547 bits per heavy atom. The SMILES string of the molecule is N#Cc1cccc(-c2ccc3c(c2)c2cc(-c4cccc(C#N)c4)ccc2n3-c2cc(C#N)ccc2-c2ccc(-c3c(C(F)(F)F)cccc3C(F)(F)F)cc2-n2c3ccc(-c4cccc(C#N)c4)cc3c3cc(-c4cccc(C#N)c4)ccc32)c1. The standard InChI is InChI=1S/C73H37F6N7/c74-72(75,76)63-14-5-15-64(73(77,78)79)71(63)56-17-23-58(70(37-56)86-67-26-20-54(50-12-3-8-45(30-50)40-82)35-61(67)62-36-55(21-27-68(62)86)51-13-4-9-46(31-51)41-83)57-22-16-47(42-84)32-69(57)85-65-24-18-52(48-10-1-6-43(28-48)38-80)33-59(65)60-34-53(19-25-66(60)85)49-11-2-7-44(29-49)39-81/h1-37H. The molecule has 2 heterocycles. The van der Waals surface area contributed by atoms with Gasteiger partial charge in [0.1, 0.15) is 0 Å². The summed E-state index contributed by atoms with van der Waals surface area (Å²) in [6, 6.07) is 73.8. The molecule has 0 aliphatic carbocycles. The van der Waals surface area contributed by atoms with E-state index >= 15 is 26.3 Å². The fourth-order valence-corrected chi connectivity index (χ4v) is 11.8. The Morgan fingerprint density at radius 3 is 0.872 bits per heavy atom. The minimum atomic E-state index is -5.21. The number of halogens is 6. The molecule has 0 aliphatic rings. The number of benzene rings is 11. The average Bonchev–Trinajstić information content (AvgIpc) is 2.28. The van der Waals surface area contributed by atoms with Crippen molar-refractivity contribution in [2.45, 2.75) is 12.4 Å². The first-order chi connectivity index (χ1) is 41.6. The smallest absolute Gasteiger partial charge is 0.309 e. The summed E-state index contributed by atoms with van der Waals surface area (Å²) in [4.78, 5) is 0.